The van der Waals surface area contributed by atoms with Crippen LogP contribution in [0, 0.1) is 17.8 Å². The Labute approximate surface area is 219 Å². The van der Waals surface area contributed by atoms with Gasteiger partial charge in [-0.15, -0.1) is 0 Å². The summed E-state index contributed by atoms with van der Waals surface area (Å²) in [5.41, 5.74) is 0.787. The number of hydrogen-bond acceptors (Lipinski definition) is 3. The predicted molar refractivity (Wildman–Crippen MR) is 109 cm³/mol. The molecule has 0 spiro atoms. The normalized spacial score (nSPS) is 14.1. The van der Waals surface area contributed by atoms with Crippen molar-refractivity contribution < 1.29 is 85.6 Å². The third-order valence-corrected chi connectivity index (χ3v) is 5.13. The largest absolute Gasteiger partial charge is 1.00 e. The molecule has 0 saturated carbocycles. The number of allylic oxidation sites excluding steroid dienone is 1. The van der Waals surface area contributed by atoms with Gasteiger partial charge in [0.2, 0.25) is 0 Å². The van der Waals surface area contributed by atoms with E-state index in [0.717, 1.165) is 36.7 Å². The maximum absolute atomic E-state index is 11.3. The van der Waals surface area contributed by atoms with Crippen molar-refractivity contribution >= 4 is 13.8 Å². The number of phosphoric ester groups is 1. The van der Waals surface area contributed by atoms with Gasteiger partial charge in [0.05, 0.1) is 0 Å². The molecular formula is C20H41Na2O5P. The summed E-state index contributed by atoms with van der Waals surface area (Å²) in [6.07, 6.45) is 11.8. The maximum Gasteiger partial charge on any atom is 1.00 e. The SMILES string of the molecule is C/C(=C\C(=O)OP(=O)(O)O)CCC[C@H](C)CCC[C@H](C)CCCC(C)C.[H-].[H-].[Na+].[Na+]. The Hall–Kier alpha value is 1.36. The summed E-state index contributed by atoms with van der Waals surface area (Å²) in [4.78, 5) is 28.5. The molecule has 0 fully saturated rings. The Morgan fingerprint density at radius 2 is 1.36 bits per heavy atom. The van der Waals surface area contributed by atoms with Gasteiger partial charge in [-0.25, -0.2) is 9.36 Å². The number of rotatable bonds is 14. The van der Waals surface area contributed by atoms with Crippen molar-refractivity contribution in [3.63, 3.8) is 0 Å². The van der Waals surface area contributed by atoms with Crippen molar-refractivity contribution in [2.45, 2.75) is 92.4 Å². The second kappa shape index (κ2) is 19.1. The fourth-order valence-electron chi connectivity index (χ4n) is 3.12. The van der Waals surface area contributed by atoms with Crippen LogP contribution < -0.4 is 59.1 Å². The number of phosphoric acid groups is 1. The van der Waals surface area contributed by atoms with E-state index >= 15 is 0 Å². The average Bonchev–Trinajstić information content (AvgIpc) is 2.44. The molecule has 28 heavy (non-hydrogen) atoms. The van der Waals surface area contributed by atoms with E-state index in [1.165, 1.54) is 44.6 Å². The molecule has 0 heterocycles. The van der Waals surface area contributed by atoms with Crippen molar-refractivity contribution in [3.8, 4) is 0 Å². The van der Waals surface area contributed by atoms with E-state index in [4.69, 9.17) is 9.79 Å². The second-order valence-electron chi connectivity index (χ2n) is 8.25. The zero-order valence-corrected chi connectivity index (χ0v) is 24.1. The number of hydrogen-bond donors (Lipinski definition) is 2. The van der Waals surface area contributed by atoms with Gasteiger partial charge < -0.3 is 7.38 Å². The van der Waals surface area contributed by atoms with Gasteiger partial charge in [0.15, 0.2) is 0 Å². The summed E-state index contributed by atoms with van der Waals surface area (Å²) in [7, 11) is -4.75. The Balaban J connectivity index is -0.000000521. The Morgan fingerprint density at radius 3 is 1.79 bits per heavy atom. The minimum absolute atomic E-state index is 0. The van der Waals surface area contributed by atoms with Gasteiger partial charge in [-0.3, -0.25) is 9.79 Å². The first kappa shape index (κ1) is 34.0. The molecule has 0 aromatic heterocycles. The standard InChI is InChI=1S/C20H39O5P.2Na.2H/c1-16(2)9-6-10-17(3)11-7-12-18(4)13-8-14-19(5)15-20(21)25-26(22,23)24;;;;/h15-18H,6-14H2,1-5H3,(H2,22,23,24);;;;/q;2*+1;2*-1/b19-15+;;;;/t17-,18-;;;;/m1..../s1. The Morgan fingerprint density at radius 1 is 0.929 bits per heavy atom. The molecule has 0 aliphatic heterocycles. The van der Waals surface area contributed by atoms with Crippen LogP contribution in [0.5, 0.6) is 0 Å². The minimum Gasteiger partial charge on any atom is -1.00 e. The molecule has 0 aliphatic carbocycles. The molecule has 0 radical (unpaired) electrons. The molecule has 0 aliphatic rings. The van der Waals surface area contributed by atoms with Crippen LogP contribution in [0.2, 0.25) is 0 Å². The third-order valence-electron chi connectivity index (χ3n) is 4.71. The molecule has 0 rings (SSSR count). The van der Waals surface area contributed by atoms with Crippen LogP contribution in [0.25, 0.3) is 0 Å². The molecule has 2 atom stereocenters. The van der Waals surface area contributed by atoms with Gasteiger partial charge in [0, 0.05) is 6.08 Å². The van der Waals surface area contributed by atoms with Crippen LogP contribution in [0.15, 0.2) is 11.6 Å². The van der Waals surface area contributed by atoms with Crippen LogP contribution >= 0.6 is 7.82 Å². The van der Waals surface area contributed by atoms with Crippen molar-refractivity contribution in [2.75, 3.05) is 0 Å². The zero-order valence-electron chi connectivity index (χ0n) is 21.2. The predicted octanol–water partition coefficient (Wildman–Crippen LogP) is 0.241. The van der Waals surface area contributed by atoms with E-state index in [1.807, 2.05) is 0 Å². The fourth-order valence-corrected chi connectivity index (χ4v) is 3.41. The summed E-state index contributed by atoms with van der Waals surface area (Å²) in [6, 6.07) is 0. The van der Waals surface area contributed by atoms with Crippen molar-refractivity contribution in [3.05, 3.63) is 11.6 Å². The summed E-state index contributed by atoms with van der Waals surface area (Å²) in [6.45, 7) is 11.0. The van der Waals surface area contributed by atoms with E-state index in [-0.39, 0.29) is 62.0 Å². The first-order valence-electron chi connectivity index (χ1n) is 9.95. The Kier molecular flexibility index (Phi) is 23.2. The van der Waals surface area contributed by atoms with Crippen molar-refractivity contribution in [1.29, 1.82) is 0 Å². The van der Waals surface area contributed by atoms with Gasteiger partial charge in [-0.2, -0.15) is 0 Å². The number of carbonyl (C=O) groups excluding carboxylic acids is 1. The quantitative estimate of drug-likeness (QED) is 0.231. The third kappa shape index (κ3) is 23.6. The Bertz CT molecular complexity index is 488. The first-order valence-corrected chi connectivity index (χ1v) is 11.5. The van der Waals surface area contributed by atoms with Crippen LogP contribution in [0.4, 0.5) is 0 Å². The van der Waals surface area contributed by atoms with Gasteiger partial charge in [-0.1, -0.05) is 78.2 Å². The smallest absolute Gasteiger partial charge is 1.00 e. The van der Waals surface area contributed by atoms with Crippen LogP contribution in [0.3, 0.4) is 0 Å². The molecule has 0 aromatic rings. The minimum atomic E-state index is -4.75. The topological polar surface area (TPSA) is 83.8 Å². The molecule has 0 amide bonds. The van der Waals surface area contributed by atoms with Crippen LogP contribution in [0.1, 0.15) is 95.3 Å². The van der Waals surface area contributed by atoms with E-state index in [2.05, 4.69) is 32.2 Å². The van der Waals surface area contributed by atoms with Gasteiger partial charge in [0.25, 0.3) is 0 Å². The molecule has 0 unspecified atom stereocenters. The van der Waals surface area contributed by atoms with E-state index in [9.17, 15) is 9.36 Å². The summed E-state index contributed by atoms with van der Waals surface area (Å²) >= 11 is 0. The molecular weight excluding hydrogens is 397 g/mol. The van der Waals surface area contributed by atoms with Crippen molar-refractivity contribution in [2.24, 2.45) is 17.8 Å². The van der Waals surface area contributed by atoms with Gasteiger partial charge >= 0.3 is 72.9 Å². The van der Waals surface area contributed by atoms with Gasteiger partial charge in [-0.05, 0) is 37.5 Å². The number of carbonyl (C=O) groups is 1. The molecule has 0 aromatic carbocycles. The molecule has 0 bridgehead atoms. The van der Waals surface area contributed by atoms with Crippen LogP contribution in [-0.4, -0.2) is 15.8 Å². The molecule has 0 saturated heterocycles. The van der Waals surface area contributed by atoms with Crippen molar-refractivity contribution in [1.82, 2.24) is 0 Å². The first-order chi connectivity index (χ1) is 12.0. The second-order valence-corrected chi connectivity index (χ2v) is 9.41. The molecule has 2 N–H and O–H groups in total. The van der Waals surface area contributed by atoms with Crippen LogP contribution in [-0.2, 0) is 13.9 Å². The molecule has 5 nitrogen and oxygen atoms in total. The summed E-state index contributed by atoms with van der Waals surface area (Å²) in [5, 5.41) is 0. The fraction of sp³-hybridized carbons (Fsp3) is 0.850. The maximum atomic E-state index is 11.3. The molecule has 158 valence electrons. The average molecular weight is 438 g/mol. The summed E-state index contributed by atoms with van der Waals surface area (Å²) in [5.74, 6) is 1.30. The zero-order chi connectivity index (χ0) is 20.2. The monoisotopic (exact) mass is 438 g/mol. The van der Waals surface area contributed by atoms with E-state index in [1.54, 1.807) is 6.92 Å². The molecule has 8 heteroatoms. The van der Waals surface area contributed by atoms with E-state index < -0.39 is 13.8 Å². The summed E-state index contributed by atoms with van der Waals surface area (Å²) < 4.78 is 14.6. The van der Waals surface area contributed by atoms with Gasteiger partial charge in [0.1, 0.15) is 0 Å². The van der Waals surface area contributed by atoms with E-state index in [0.29, 0.717) is 5.92 Å².